The predicted molar refractivity (Wildman–Crippen MR) is 120 cm³/mol. The van der Waals surface area contributed by atoms with E-state index in [0.717, 1.165) is 43.2 Å². The van der Waals surface area contributed by atoms with Crippen molar-refractivity contribution in [1.82, 2.24) is 15.1 Å². The summed E-state index contributed by atoms with van der Waals surface area (Å²) in [5.74, 6) is -0.0404. The van der Waals surface area contributed by atoms with E-state index in [1.165, 1.54) is 23.9 Å². The zero-order valence-electron chi connectivity index (χ0n) is 17.4. The number of amides is 1. The third kappa shape index (κ3) is 6.29. The Morgan fingerprint density at radius 2 is 1.73 bits per heavy atom. The van der Waals surface area contributed by atoms with Crippen molar-refractivity contribution in [1.29, 1.82) is 0 Å². The van der Waals surface area contributed by atoms with Gasteiger partial charge in [0.15, 0.2) is 0 Å². The van der Waals surface area contributed by atoms with Crippen LogP contribution in [0.5, 0.6) is 0 Å². The van der Waals surface area contributed by atoms with E-state index in [0.29, 0.717) is 0 Å². The maximum absolute atomic E-state index is 12.9. The molecule has 1 aliphatic rings. The van der Waals surface area contributed by atoms with Crippen molar-refractivity contribution in [2.75, 3.05) is 39.8 Å². The largest absolute Gasteiger partial charge is 0.347 e. The Bertz CT molecular complexity index is 839. The molecule has 1 fully saturated rings. The van der Waals surface area contributed by atoms with Gasteiger partial charge in [-0.05, 0) is 31.7 Å². The molecule has 160 valence electrons. The number of likely N-dealkylation sites (N-methyl/N-ethyl adjacent to an activating group) is 1. The van der Waals surface area contributed by atoms with Crippen LogP contribution in [0.2, 0.25) is 0 Å². The summed E-state index contributed by atoms with van der Waals surface area (Å²) in [5.41, 5.74) is 1.14. The average molecular weight is 429 g/mol. The van der Waals surface area contributed by atoms with Gasteiger partial charge in [0.2, 0.25) is 5.91 Å². The third-order valence-electron chi connectivity index (χ3n) is 5.28. The molecule has 1 saturated heterocycles. The minimum atomic E-state index is -0.423. The Hall–Kier alpha value is -2.42. The molecule has 2 aromatic carbocycles. The molecule has 1 aliphatic heterocycles. The van der Waals surface area contributed by atoms with Crippen molar-refractivity contribution < 1.29 is 9.72 Å². The highest BCUT2D eigenvalue weighted by atomic mass is 32.2. The molecule has 7 nitrogen and oxygen atoms in total. The Balaban J connectivity index is 1.63. The molecule has 3 rings (SSSR count). The van der Waals surface area contributed by atoms with Crippen molar-refractivity contribution in [3.05, 3.63) is 70.3 Å². The van der Waals surface area contributed by atoms with E-state index < -0.39 is 4.92 Å². The van der Waals surface area contributed by atoms with Gasteiger partial charge < -0.3 is 10.2 Å². The number of non-ortho nitro benzene ring substituents is 1. The number of piperazine rings is 1. The molecule has 1 heterocycles. The monoisotopic (exact) mass is 428 g/mol. The molecular weight excluding hydrogens is 400 g/mol. The SMILES string of the molecule is CC(Sc1ccc([N+](=O)[O-])cc1)C(=O)NC(CN1CCN(C)CC1)c1ccccc1. The number of nitro groups is 1. The number of rotatable bonds is 8. The van der Waals surface area contributed by atoms with Gasteiger partial charge in [-0.1, -0.05) is 30.3 Å². The van der Waals surface area contributed by atoms with Gasteiger partial charge in [-0.15, -0.1) is 11.8 Å². The molecule has 0 spiro atoms. The van der Waals surface area contributed by atoms with Crippen LogP contribution in [-0.2, 0) is 4.79 Å². The lowest BCUT2D eigenvalue weighted by molar-refractivity contribution is -0.384. The molecule has 2 aromatic rings. The normalized spacial score (nSPS) is 17.3. The zero-order chi connectivity index (χ0) is 21.5. The fraction of sp³-hybridized carbons (Fsp3) is 0.409. The number of nitrogens with zero attached hydrogens (tertiary/aromatic N) is 3. The van der Waals surface area contributed by atoms with Crippen molar-refractivity contribution in [3.63, 3.8) is 0 Å². The van der Waals surface area contributed by atoms with Crippen LogP contribution >= 0.6 is 11.8 Å². The number of hydrogen-bond donors (Lipinski definition) is 1. The van der Waals surface area contributed by atoms with E-state index in [1.807, 2.05) is 25.1 Å². The van der Waals surface area contributed by atoms with Crippen LogP contribution in [-0.4, -0.2) is 65.7 Å². The topological polar surface area (TPSA) is 78.7 Å². The number of nitro benzene ring substituents is 1. The lowest BCUT2D eigenvalue weighted by Gasteiger charge is -2.35. The third-order valence-corrected chi connectivity index (χ3v) is 6.40. The van der Waals surface area contributed by atoms with Gasteiger partial charge in [0.05, 0.1) is 16.2 Å². The molecule has 0 aromatic heterocycles. The number of carbonyl (C=O) groups excluding carboxylic acids is 1. The summed E-state index contributed by atoms with van der Waals surface area (Å²) < 4.78 is 0. The van der Waals surface area contributed by atoms with Gasteiger partial charge in [0.25, 0.3) is 5.69 Å². The van der Waals surface area contributed by atoms with Gasteiger partial charge in [0, 0.05) is 49.8 Å². The molecule has 0 radical (unpaired) electrons. The quantitative estimate of drug-likeness (QED) is 0.395. The molecule has 0 saturated carbocycles. The van der Waals surface area contributed by atoms with Crippen LogP contribution in [0.15, 0.2) is 59.5 Å². The van der Waals surface area contributed by atoms with Crippen LogP contribution in [0.25, 0.3) is 0 Å². The fourth-order valence-electron chi connectivity index (χ4n) is 3.40. The highest BCUT2D eigenvalue weighted by Gasteiger charge is 2.23. The Labute approximate surface area is 181 Å². The maximum atomic E-state index is 12.9. The molecule has 0 aliphatic carbocycles. The van der Waals surface area contributed by atoms with E-state index in [9.17, 15) is 14.9 Å². The molecule has 2 unspecified atom stereocenters. The van der Waals surface area contributed by atoms with Gasteiger partial charge in [-0.2, -0.15) is 0 Å². The molecule has 8 heteroatoms. The number of benzene rings is 2. The molecule has 2 atom stereocenters. The molecule has 30 heavy (non-hydrogen) atoms. The molecule has 1 N–H and O–H groups in total. The standard InChI is InChI=1S/C22H28N4O3S/c1-17(30-20-10-8-19(9-11-20)26(28)29)22(27)23-21(18-6-4-3-5-7-18)16-25-14-12-24(2)13-15-25/h3-11,17,21H,12-16H2,1-2H3,(H,23,27). The van der Waals surface area contributed by atoms with E-state index in [-0.39, 0.29) is 22.9 Å². The first-order chi connectivity index (χ1) is 14.4. The highest BCUT2D eigenvalue weighted by Crippen LogP contribution is 2.26. The summed E-state index contributed by atoms with van der Waals surface area (Å²) in [7, 11) is 2.13. The number of nitrogens with one attached hydrogen (secondary N) is 1. The van der Waals surface area contributed by atoms with Gasteiger partial charge in [-0.3, -0.25) is 19.8 Å². The Morgan fingerprint density at radius 3 is 2.33 bits per heavy atom. The average Bonchev–Trinajstić information content (AvgIpc) is 2.75. The van der Waals surface area contributed by atoms with Crippen molar-refractivity contribution in [3.8, 4) is 0 Å². The van der Waals surface area contributed by atoms with E-state index in [4.69, 9.17) is 0 Å². The summed E-state index contributed by atoms with van der Waals surface area (Å²) in [4.78, 5) is 28.9. The van der Waals surface area contributed by atoms with E-state index in [2.05, 4.69) is 34.3 Å². The number of thioether (sulfide) groups is 1. The van der Waals surface area contributed by atoms with Gasteiger partial charge in [-0.25, -0.2) is 0 Å². The number of hydrogen-bond acceptors (Lipinski definition) is 6. The smallest absolute Gasteiger partial charge is 0.269 e. The second kappa shape index (κ2) is 10.6. The van der Waals surface area contributed by atoms with E-state index >= 15 is 0 Å². The van der Waals surface area contributed by atoms with Gasteiger partial charge >= 0.3 is 0 Å². The first kappa shape index (κ1) is 22.3. The predicted octanol–water partition coefficient (Wildman–Crippen LogP) is 3.18. The molecular formula is C22H28N4O3S. The van der Waals surface area contributed by atoms with Crippen LogP contribution in [0.3, 0.4) is 0 Å². The van der Waals surface area contributed by atoms with Gasteiger partial charge in [0.1, 0.15) is 0 Å². The Morgan fingerprint density at radius 1 is 1.10 bits per heavy atom. The van der Waals surface area contributed by atoms with E-state index in [1.54, 1.807) is 12.1 Å². The van der Waals surface area contributed by atoms with Crippen molar-refractivity contribution in [2.24, 2.45) is 0 Å². The zero-order valence-corrected chi connectivity index (χ0v) is 18.2. The van der Waals surface area contributed by atoms with Crippen molar-refractivity contribution >= 4 is 23.4 Å². The minimum Gasteiger partial charge on any atom is -0.347 e. The Kier molecular flexibility index (Phi) is 7.84. The van der Waals surface area contributed by atoms with Crippen LogP contribution in [0.4, 0.5) is 5.69 Å². The first-order valence-corrected chi connectivity index (χ1v) is 11.0. The maximum Gasteiger partial charge on any atom is 0.269 e. The summed E-state index contributed by atoms with van der Waals surface area (Å²) in [6.07, 6.45) is 0. The van der Waals surface area contributed by atoms with Crippen LogP contribution < -0.4 is 5.32 Å². The number of carbonyl (C=O) groups is 1. The lowest BCUT2D eigenvalue weighted by Crippen LogP contribution is -2.48. The lowest BCUT2D eigenvalue weighted by atomic mass is 10.1. The summed E-state index contributed by atoms with van der Waals surface area (Å²) in [5, 5.41) is 13.7. The fourth-order valence-corrected chi connectivity index (χ4v) is 4.28. The summed E-state index contributed by atoms with van der Waals surface area (Å²) in [6, 6.07) is 16.3. The summed E-state index contributed by atoms with van der Waals surface area (Å²) in [6.45, 7) is 6.67. The second-order valence-corrected chi connectivity index (χ2v) is 9.00. The van der Waals surface area contributed by atoms with Crippen molar-refractivity contribution in [2.45, 2.75) is 23.1 Å². The summed E-state index contributed by atoms with van der Waals surface area (Å²) >= 11 is 1.40. The second-order valence-electron chi connectivity index (χ2n) is 7.59. The highest BCUT2D eigenvalue weighted by molar-refractivity contribution is 8.00. The first-order valence-electron chi connectivity index (χ1n) is 10.1. The van der Waals surface area contributed by atoms with Crippen LogP contribution in [0.1, 0.15) is 18.5 Å². The van der Waals surface area contributed by atoms with Crippen LogP contribution in [0, 0.1) is 10.1 Å². The molecule has 1 amide bonds. The minimum absolute atomic E-state index is 0.0404. The molecule has 0 bridgehead atoms.